The summed E-state index contributed by atoms with van der Waals surface area (Å²) >= 11 is 5.39. The maximum absolute atomic E-state index is 5.91. The number of thiophene rings is 1. The molecule has 1 aliphatic carbocycles. The smallest absolute Gasteiger partial charge is 0.0552 e. The van der Waals surface area contributed by atoms with Crippen molar-refractivity contribution in [3.8, 4) is 0 Å². The van der Waals surface area contributed by atoms with E-state index in [9.17, 15) is 0 Å². The molecule has 3 N–H and O–H groups in total. The minimum atomic E-state index is 0.312. The highest BCUT2D eigenvalue weighted by Crippen LogP contribution is 2.30. The van der Waals surface area contributed by atoms with E-state index in [4.69, 9.17) is 5.73 Å². The van der Waals surface area contributed by atoms with Gasteiger partial charge in [0.2, 0.25) is 0 Å². The van der Waals surface area contributed by atoms with Crippen LogP contribution in [0.25, 0.3) is 0 Å². The van der Waals surface area contributed by atoms with E-state index in [0.717, 1.165) is 0 Å². The molecule has 0 radical (unpaired) electrons. The second kappa shape index (κ2) is 6.88. The fraction of sp³-hybridized carbons (Fsp3) is 0.692. The summed E-state index contributed by atoms with van der Waals surface area (Å²) in [6.07, 6.45) is 8.13. The van der Waals surface area contributed by atoms with Crippen LogP contribution in [0.15, 0.2) is 15.9 Å². The summed E-state index contributed by atoms with van der Waals surface area (Å²) in [5.74, 6) is 0. The molecule has 4 heteroatoms. The molecule has 0 amide bonds. The Kier molecular flexibility index (Phi) is 5.48. The zero-order valence-electron chi connectivity index (χ0n) is 10.1. The van der Waals surface area contributed by atoms with Crippen LogP contribution in [0.3, 0.4) is 0 Å². The standard InChI is InChI=1S/C13H21BrN2S/c14-11-7-8-17-13(11)12(9-15)16-10-5-3-1-2-4-6-10/h7-8,10,12,16H,1-6,9,15H2. The van der Waals surface area contributed by atoms with Gasteiger partial charge in [-0.05, 0) is 40.2 Å². The van der Waals surface area contributed by atoms with Crippen LogP contribution in [0.1, 0.15) is 49.4 Å². The maximum atomic E-state index is 5.91. The molecule has 2 rings (SSSR count). The first-order chi connectivity index (χ1) is 8.31. The summed E-state index contributed by atoms with van der Waals surface area (Å²) in [4.78, 5) is 1.34. The lowest BCUT2D eigenvalue weighted by Crippen LogP contribution is -2.36. The molecule has 1 aliphatic rings. The number of hydrogen-bond donors (Lipinski definition) is 2. The van der Waals surface area contributed by atoms with Crippen molar-refractivity contribution >= 4 is 27.3 Å². The Morgan fingerprint density at radius 1 is 1.35 bits per heavy atom. The number of nitrogens with two attached hydrogens (primary N) is 1. The Hall–Kier alpha value is 0.100. The van der Waals surface area contributed by atoms with E-state index < -0.39 is 0 Å². The van der Waals surface area contributed by atoms with Crippen LogP contribution in [0, 0.1) is 0 Å². The van der Waals surface area contributed by atoms with E-state index in [0.29, 0.717) is 18.6 Å². The molecule has 96 valence electrons. The molecular formula is C13H21BrN2S. The van der Waals surface area contributed by atoms with E-state index in [1.807, 2.05) is 0 Å². The van der Waals surface area contributed by atoms with Gasteiger partial charge in [0.25, 0.3) is 0 Å². The molecule has 1 aromatic heterocycles. The van der Waals surface area contributed by atoms with Crippen molar-refractivity contribution in [3.63, 3.8) is 0 Å². The minimum Gasteiger partial charge on any atom is -0.329 e. The zero-order valence-corrected chi connectivity index (χ0v) is 12.5. The Balaban J connectivity index is 1.97. The van der Waals surface area contributed by atoms with E-state index >= 15 is 0 Å². The minimum absolute atomic E-state index is 0.312. The molecular weight excluding hydrogens is 296 g/mol. The van der Waals surface area contributed by atoms with E-state index in [1.165, 1.54) is 47.9 Å². The summed E-state index contributed by atoms with van der Waals surface area (Å²) in [5, 5.41) is 5.87. The van der Waals surface area contributed by atoms with Gasteiger partial charge in [-0.2, -0.15) is 0 Å². The summed E-state index contributed by atoms with van der Waals surface area (Å²) in [5.41, 5.74) is 5.91. The Bertz CT molecular complexity index is 332. The van der Waals surface area contributed by atoms with E-state index in [1.54, 1.807) is 11.3 Å². The first-order valence-corrected chi connectivity index (χ1v) is 8.17. The molecule has 1 aromatic rings. The van der Waals surface area contributed by atoms with Crippen molar-refractivity contribution in [3.05, 3.63) is 20.8 Å². The third-order valence-corrected chi connectivity index (χ3v) is 5.47. The maximum Gasteiger partial charge on any atom is 0.0552 e. The van der Waals surface area contributed by atoms with Gasteiger partial charge in [-0.1, -0.05) is 25.7 Å². The molecule has 0 spiro atoms. The Morgan fingerprint density at radius 2 is 2.06 bits per heavy atom. The van der Waals surface area contributed by atoms with E-state index in [-0.39, 0.29) is 0 Å². The fourth-order valence-corrected chi connectivity index (χ4v) is 4.26. The molecule has 0 aliphatic heterocycles. The predicted octanol–water partition coefficient (Wildman–Crippen LogP) is 3.82. The van der Waals surface area contributed by atoms with Crippen LogP contribution in [-0.2, 0) is 0 Å². The lowest BCUT2D eigenvalue weighted by molar-refractivity contribution is 0.405. The summed E-state index contributed by atoms with van der Waals surface area (Å²) in [6, 6.07) is 3.07. The molecule has 0 bridgehead atoms. The van der Waals surface area contributed by atoms with E-state index in [2.05, 4.69) is 32.7 Å². The van der Waals surface area contributed by atoms with Crippen molar-refractivity contribution in [1.29, 1.82) is 0 Å². The van der Waals surface area contributed by atoms with Crippen LogP contribution in [0.5, 0.6) is 0 Å². The molecule has 2 nitrogen and oxygen atoms in total. The molecule has 0 aromatic carbocycles. The summed E-state index contributed by atoms with van der Waals surface area (Å²) in [6.45, 7) is 0.676. The molecule has 17 heavy (non-hydrogen) atoms. The SMILES string of the molecule is NCC(NC1CCCCCC1)c1sccc1Br. The topological polar surface area (TPSA) is 38.0 Å². The van der Waals surface area contributed by atoms with Crippen LogP contribution < -0.4 is 11.1 Å². The normalized spacial score (nSPS) is 20.1. The largest absolute Gasteiger partial charge is 0.329 e. The highest BCUT2D eigenvalue weighted by molar-refractivity contribution is 9.10. The van der Waals surface area contributed by atoms with Gasteiger partial charge in [0.05, 0.1) is 6.04 Å². The average Bonchev–Trinajstić information content (AvgIpc) is 2.62. The van der Waals surface area contributed by atoms with Crippen molar-refractivity contribution < 1.29 is 0 Å². The van der Waals surface area contributed by atoms with Crippen molar-refractivity contribution in [1.82, 2.24) is 5.32 Å². The van der Waals surface area contributed by atoms with Crippen LogP contribution in [0.4, 0.5) is 0 Å². The highest BCUT2D eigenvalue weighted by atomic mass is 79.9. The van der Waals surface area contributed by atoms with Gasteiger partial charge in [-0.15, -0.1) is 11.3 Å². The average molecular weight is 317 g/mol. The van der Waals surface area contributed by atoms with Crippen LogP contribution >= 0.6 is 27.3 Å². The third-order valence-electron chi connectivity index (χ3n) is 3.49. The van der Waals surface area contributed by atoms with Crippen LogP contribution in [-0.4, -0.2) is 12.6 Å². The number of nitrogens with one attached hydrogen (secondary N) is 1. The van der Waals surface area contributed by atoms with Crippen molar-refractivity contribution in [2.75, 3.05) is 6.54 Å². The van der Waals surface area contributed by atoms with Gasteiger partial charge < -0.3 is 11.1 Å². The molecule has 1 unspecified atom stereocenters. The van der Waals surface area contributed by atoms with Gasteiger partial charge in [0.15, 0.2) is 0 Å². The zero-order chi connectivity index (χ0) is 12.1. The lowest BCUT2D eigenvalue weighted by Gasteiger charge is -2.23. The van der Waals surface area contributed by atoms with Gasteiger partial charge >= 0.3 is 0 Å². The van der Waals surface area contributed by atoms with Crippen molar-refractivity contribution in [2.24, 2.45) is 5.73 Å². The van der Waals surface area contributed by atoms with Gasteiger partial charge in [-0.3, -0.25) is 0 Å². The lowest BCUT2D eigenvalue weighted by atomic mass is 10.1. The number of halogens is 1. The molecule has 1 heterocycles. The van der Waals surface area contributed by atoms with Gasteiger partial charge in [-0.25, -0.2) is 0 Å². The van der Waals surface area contributed by atoms with Gasteiger partial charge in [0, 0.05) is 21.9 Å². The Labute approximate surface area is 116 Å². The predicted molar refractivity (Wildman–Crippen MR) is 78.4 cm³/mol. The highest BCUT2D eigenvalue weighted by Gasteiger charge is 2.19. The Morgan fingerprint density at radius 3 is 2.59 bits per heavy atom. The summed E-state index contributed by atoms with van der Waals surface area (Å²) < 4.78 is 1.19. The quantitative estimate of drug-likeness (QED) is 0.829. The molecule has 1 saturated carbocycles. The van der Waals surface area contributed by atoms with Crippen molar-refractivity contribution in [2.45, 2.75) is 50.6 Å². The second-order valence-electron chi connectivity index (χ2n) is 4.78. The first-order valence-electron chi connectivity index (χ1n) is 6.50. The number of hydrogen-bond acceptors (Lipinski definition) is 3. The molecule has 0 saturated heterocycles. The monoisotopic (exact) mass is 316 g/mol. The third kappa shape index (κ3) is 3.78. The molecule has 1 fully saturated rings. The van der Waals surface area contributed by atoms with Gasteiger partial charge in [0.1, 0.15) is 0 Å². The fourth-order valence-electron chi connectivity index (χ4n) is 2.54. The number of rotatable bonds is 4. The molecule has 1 atom stereocenters. The first kappa shape index (κ1) is 13.5. The summed E-state index contributed by atoms with van der Waals surface area (Å²) in [7, 11) is 0. The second-order valence-corrected chi connectivity index (χ2v) is 6.58. The van der Waals surface area contributed by atoms with Crippen LogP contribution in [0.2, 0.25) is 0 Å².